The molecule has 0 atom stereocenters. The van der Waals surface area contributed by atoms with Gasteiger partial charge in [-0.3, -0.25) is 9.59 Å². The molecule has 0 unspecified atom stereocenters. The number of para-hydroxylation sites is 2. The first kappa shape index (κ1) is 20.5. The third-order valence-corrected chi connectivity index (χ3v) is 6.65. The lowest BCUT2D eigenvalue weighted by atomic mass is 9.97. The number of imide groups is 1. The zero-order valence-corrected chi connectivity index (χ0v) is 18.8. The molecule has 0 aliphatic carbocycles. The van der Waals surface area contributed by atoms with Gasteiger partial charge in [-0.25, -0.2) is 4.90 Å². The summed E-state index contributed by atoms with van der Waals surface area (Å²) in [6.07, 6.45) is 1.86. The Morgan fingerprint density at radius 3 is 2.28 bits per heavy atom. The van der Waals surface area contributed by atoms with Gasteiger partial charge in [0.05, 0.1) is 16.3 Å². The highest BCUT2D eigenvalue weighted by atomic mass is 35.5. The van der Waals surface area contributed by atoms with Crippen molar-refractivity contribution < 1.29 is 9.59 Å². The molecule has 0 fully saturated rings. The molecule has 160 valence electrons. The Morgan fingerprint density at radius 1 is 0.812 bits per heavy atom. The summed E-state index contributed by atoms with van der Waals surface area (Å²) in [7, 11) is 0. The van der Waals surface area contributed by atoms with Crippen LogP contribution in [0.3, 0.4) is 0 Å². The minimum atomic E-state index is -0.343. The summed E-state index contributed by atoms with van der Waals surface area (Å²) in [5.41, 5.74) is 6.38. The van der Waals surface area contributed by atoms with E-state index in [-0.39, 0.29) is 11.8 Å². The molecule has 5 heteroatoms. The van der Waals surface area contributed by atoms with Gasteiger partial charge < -0.3 is 4.90 Å². The van der Waals surface area contributed by atoms with Gasteiger partial charge in [-0.2, -0.15) is 0 Å². The molecule has 2 aliphatic heterocycles. The number of hydrogen-bond acceptors (Lipinski definition) is 3. The molecule has 5 rings (SSSR count). The highest BCUT2D eigenvalue weighted by molar-refractivity contribution is 6.48. The molecule has 0 radical (unpaired) electrons. The average Bonchev–Trinajstić information content (AvgIpc) is 3.05. The number of aryl methyl sites for hydroxylation is 3. The van der Waals surface area contributed by atoms with E-state index in [1.165, 1.54) is 10.5 Å². The maximum absolute atomic E-state index is 13.9. The second-order valence-corrected chi connectivity index (χ2v) is 8.71. The standard InChI is InChI=1S/C27H23ClN2O2/c1-17-13-14-20(16-18(17)2)24-25(29-15-7-9-19-8-3-5-11-22(19)29)27(32)30(26(24)31)23-12-6-4-10-21(23)28/h3-6,8,10-14,16H,7,9,15H2,1-2H3. The number of anilines is 2. The summed E-state index contributed by atoms with van der Waals surface area (Å²) in [6.45, 7) is 4.73. The highest BCUT2D eigenvalue weighted by Gasteiger charge is 2.44. The van der Waals surface area contributed by atoms with E-state index in [9.17, 15) is 9.59 Å². The van der Waals surface area contributed by atoms with E-state index in [1.54, 1.807) is 24.3 Å². The fraction of sp³-hybridized carbons (Fsp3) is 0.185. The molecule has 0 saturated heterocycles. The summed E-state index contributed by atoms with van der Waals surface area (Å²) in [5, 5.41) is 0.369. The van der Waals surface area contributed by atoms with Crippen LogP contribution < -0.4 is 9.80 Å². The van der Waals surface area contributed by atoms with Crippen LogP contribution in [0, 0.1) is 13.8 Å². The molecule has 0 saturated carbocycles. The maximum Gasteiger partial charge on any atom is 0.282 e. The maximum atomic E-state index is 13.9. The first-order valence-corrected chi connectivity index (χ1v) is 11.2. The highest BCUT2D eigenvalue weighted by Crippen LogP contribution is 2.41. The third-order valence-electron chi connectivity index (χ3n) is 6.33. The van der Waals surface area contributed by atoms with Crippen LogP contribution >= 0.6 is 11.6 Å². The molecule has 0 bridgehead atoms. The fourth-order valence-electron chi connectivity index (χ4n) is 4.54. The molecule has 0 N–H and O–H groups in total. The summed E-state index contributed by atoms with van der Waals surface area (Å²) in [6, 6.07) is 21.0. The Balaban J connectivity index is 1.73. The molecule has 0 spiro atoms. The third kappa shape index (κ3) is 3.23. The van der Waals surface area contributed by atoms with Crippen molar-refractivity contribution in [3.05, 3.63) is 99.7 Å². The number of rotatable bonds is 3. The van der Waals surface area contributed by atoms with Crippen molar-refractivity contribution in [1.82, 2.24) is 0 Å². The Labute approximate surface area is 192 Å². The zero-order valence-electron chi connectivity index (χ0n) is 18.1. The molecular formula is C27H23ClN2O2. The van der Waals surface area contributed by atoms with Crippen LogP contribution in [-0.2, 0) is 16.0 Å². The zero-order chi connectivity index (χ0) is 22.4. The molecule has 0 aromatic heterocycles. The predicted octanol–water partition coefficient (Wildman–Crippen LogP) is 5.69. The van der Waals surface area contributed by atoms with Crippen molar-refractivity contribution in [1.29, 1.82) is 0 Å². The lowest BCUT2D eigenvalue weighted by Crippen LogP contribution is -2.37. The number of halogens is 1. The molecule has 2 aliphatic rings. The predicted molar refractivity (Wildman–Crippen MR) is 129 cm³/mol. The van der Waals surface area contributed by atoms with E-state index in [2.05, 4.69) is 6.07 Å². The van der Waals surface area contributed by atoms with Gasteiger partial charge in [0.1, 0.15) is 5.70 Å². The monoisotopic (exact) mass is 442 g/mol. The molecule has 3 aromatic carbocycles. The van der Waals surface area contributed by atoms with Crippen LogP contribution in [0.15, 0.2) is 72.4 Å². The van der Waals surface area contributed by atoms with Crippen molar-refractivity contribution in [3.8, 4) is 0 Å². The van der Waals surface area contributed by atoms with Crippen LogP contribution in [0.25, 0.3) is 5.57 Å². The Bertz CT molecular complexity index is 1290. The smallest absolute Gasteiger partial charge is 0.282 e. The van der Waals surface area contributed by atoms with Crippen LogP contribution in [-0.4, -0.2) is 18.4 Å². The Kier molecular flexibility index (Phi) is 5.10. The van der Waals surface area contributed by atoms with E-state index < -0.39 is 0 Å². The van der Waals surface area contributed by atoms with Crippen LogP contribution in [0.4, 0.5) is 11.4 Å². The summed E-state index contributed by atoms with van der Waals surface area (Å²) >= 11 is 6.41. The SMILES string of the molecule is Cc1ccc(C2=C(N3CCCc4ccccc43)C(=O)N(c3ccccc3Cl)C2=O)cc1C. The van der Waals surface area contributed by atoms with Gasteiger partial charge in [-0.15, -0.1) is 0 Å². The second-order valence-electron chi connectivity index (χ2n) is 8.30. The van der Waals surface area contributed by atoms with E-state index in [1.807, 2.05) is 55.1 Å². The number of fused-ring (bicyclic) bond motifs is 1. The molecule has 32 heavy (non-hydrogen) atoms. The molecule has 3 aromatic rings. The van der Waals surface area contributed by atoms with Gasteiger partial charge in [-0.1, -0.05) is 60.1 Å². The number of carbonyl (C=O) groups is 2. The number of carbonyl (C=O) groups excluding carboxylic acids is 2. The van der Waals surface area contributed by atoms with E-state index in [0.29, 0.717) is 28.5 Å². The first-order valence-electron chi connectivity index (χ1n) is 10.8. The van der Waals surface area contributed by atoms with E-state index >= 15 is 0 Å². The van der Waals surface area contributed by atoms with Crippen molar-refractivity contribution >= 4 is 40.4 Å². The van der Waals surface area contributed by atoms with Crippen molar-refractivity contribution in [2.45, 2.75) is 26.7 Å². The lowest BCUT2D eigenvalue weighted by Gasteiger charge is -2.32. The van der Waals surface area contributed by atoms with E-state index in [4.69, 9.17) is 11.6 Å². The van der Waals surface area contributed by atoms with Gasteiger partial charge >= 0.3 is 0 Å². The average molecular weight is 443 g/mol. The number of nitrogens with zero attached hydrogens (tertiary/aromatic N) is 2. The molecule has 4 nitrogen and oxygen atoms in total. The van der Waals surface area contributed by atoms with E-state index in [0.717, 1.165) is 35.2 Å². The Morgan fingerprint density at radius 2 is 1.53 bits per heavy atom. The summed E-state index contributed by atoms with van der Waals surface area (Å²) in [5.74, 6) is -0.683. The molecule has 2 heterocycles. The van der Waals surface area contributed by atoms with Crippen LogP contribution in [0.1, 0.15) is 28.7 Å². The van der Waals surface area contributed by atoms with Crippen molar-refractivity contribution in [2.75, 3.05) is 16.3 Å². The quantitative estimate of drug-likeness (QED) is 0.489. The van der Waals surface area contributed by atoms with Crippen molar-refractivity contribution in [3.63, 3.8) is 0 Å². The van der Waals surface area contributed by atoms with Crippen LogP contribution in [0.2, 0.25) is 5.02 Å². The van der Waals surface area contributed by atoms with Gasteiger partial charge in [0.2, 0.25) is 0 Å². The number of amides is 2. The van der Waals surface area contributed by atoms with Gasteiger partial charge in [0, 0.05) is 12.2 Å². The largest absolute Gasteiger partial charge is 0.336 e. The number of hydrogen-bond donors (Lipinski definition) is 0. The topological polar surface area (TPSA) is 40.6 Å². The van der Waals surface area contributed by atoms with Crippen LogP contribution in [0.5, 0.6) is 0 Å². The normalized spacial score (nSPS) is 16.1. The lowest BCUT2D eigenvalue weighted by molar-refractivity contribution is -0.120. The molecular weight excluding hydrogens is 420 g/mol. The van der Waals surface area contributed by atoms with Gasteiger partial charge in [0.15, 0.2) is 0 Å². The number of benzene rings is 3. The Hall–Kier alpha value is -3.37. The van der Waals surface area contributed by atoms with Gasteiger partial charge in [-0.05, 0) is 67.1 Å². The fourth-order valence-corrected chi connectivity index (χ4v) is 4.76. The molecule has 2 amide bonds. The first-order chi connectivity index (χ1) is 15.5. The minimum Gasteiger partial charge on any atom is -0.336 e. The van der Waals surface area contributed by atoms with Crippen molar-refractivity contribution in [2.24, 2.45) is 0 Å². The van der Waals surface area contributed by atoms with Gasteiger partial charge in [0.25, 0.3) is 11.8 Å². The summed E-state index contributed by atoms with van der Waals surface area (Å²) < 4.78 is 0. The second kappa shape index (κ2) is 7.95. The minimum absolute atomic E-state index is 0.340. The summed E-state index contributed by atoms with van der Waals surface area (Å²) in [4.78, 5) is 30.9.